The monoisotopic (exact) mass is 388 g/mol. The second kappa shape index (κ2) is 9.29. The molecule has 0 aromatic heterocycles. The van der Waals surface area contributed by atoms with Gasteiger partial charge in [0.2, 0.25) is 5.91 Å². The number of nitrogens with two attached hydrogens (primary N) is 1. The van der Waals surface area contributed by atoms with E-state index in [1.54, 1.807) is 14.0 Å². The molecule has 3 N–H and O–H groups in total. The van der Waals surface area contributed by atoms with Gasteiger partial charge in [-0.2, -0.15) is 0 Å². The van der Waals surface area contributed by atoms with Crippen molar-refractivity contribution in [2.45, 2.75) is 88.9 Å². The van der Waals surface area contributed by atoms with Crippen LogP contribution in [0, 0.1) is 0 Å². The Kier molecular flexibility index (Phi) is 7.58. The molecule has 27 heavy (non-hydrogen) atoms. The highest BCUT2D eigenvalue weighted by atomic mass is 16.8. The average Bonchev–Trinajstić information content (AvgIpc) is 3.07. The van der Waals surface area contributed by atoms with E-state index in [1.807, 2.05) is 13.8 Å². The second-order valence-corrected chi connectivity index (χ2v) is 7.50. The van der Waals surface area contributed by atoms with Crippen LogP contribution >= 0.6 is 0 Å². The van der Waals surface area contributed by atoms with Gasteiger partial charge in [-0.1, -0.05) is 6.42 Å². The minimum Gasteiger partial charge on any atom is -0.469 e. The molecule has 156 valence electrons. The predicted octanol–water partition coefficient (Wildman–Crippen LogP) is 0.443. The first-order valence-corrected chi connectivity index (χ1v) is 9.35. The summed E-state index contributed by atoms with van der Waals surface area (Å²) in [5.41, 5.74) is 5.70. The van der Waals surface area contributed by atoms with Crippen LogP contribution in [0.1, 0.15) is 46.5 Å². The minimum absolute atomic E-state index is 0.253. The Balaban J connectivity index is 2.03. The van der Waals surface area contributed by atoms with Gasteiger partial charge in [0.15, 0.2) is 12.1 Å². The van der Waals surface area contributed by atoms with Gasteiger partial charge >= 0.3 is 5.97 Å². The van der Waals surface area contributed by atoms with Crippen LogP contribution in [0.25, 0.3) is 0 Å². The molecule has 2 aliphatic rings. The lowest BCUT2D eigenvalue weighted by molar-refractivity contribution is -0.220. The smallest absolute Gasteiger partial charge is 0.305 e. The molecule has 2 aliphatic heterocycles. The van der Waals surface area contributed by atoms with E-state index in [0.717, 1.165) is 0 Å². The van der Waals surface area contributed by atoms with Crippen LogP contribution in [0.5, 0.6) is 0 Å². The van der Waals surface area contributed by atoms with Crippen molar-refractivity contribution in [3.63, 3.8) is 0 Å². The molecule has 2 rings (SSSR count). The number of methoxy groups -OCH3 is 2. The fourth-order valence-corrected chi connectivity index (χ4v) is 3.46. The zero-order valence-electron chi connectivity index (χ0n) is 16.7. The fraction of sp³-hybridized carbons (Fsp3) is 0.889. The number of carbonyl (C=O) groups excluding carboxylic acids is 2. The highest BCUT2D eigenvalue weighted by molar-refractivity contribution is 5.81. The number of hydrogen-bond donors (Lipinski definition) is 2. The van der Waals surface area contributed by atoms with Gasteiger partial charge in [-0.15, -0.1) is 0 Å². The molecule has 9 heteroatoms. The van der Waals surface area contributed by atoms with Crippen molar-refractivity contribution >= 4 is 11.9 Å². The van der Waals surface area contributed by atoms with Crippen LogP contribution < -0.4 is 11.1 Å². The molecule has 1 amide bonds. The SMILES string of the molecule is COC(=O)CCCC[C@H](NC(=O)[C@H](C)N)[C@H]1O[C@@H]2OC(C)(C)O[C@@H]2[C@H]1OC. The van der Waals surface area contributed by atoms with E-state index in [1.165, 1.54) is 7.11 Å². The van der Waals surface area contributed by atoms with Gasteiger partial charge < -0.3 is 34.7 Å². The number of esters is 1. The lowest BCUT2D eigenvalue weighted by Gasteiger charge is -2.31. The van der Waals surface area contributed by atoms with E-state index in [9.17, 15) is 9.59 Å². The first-order valence-electron chi connectivity index (χ1n) is 9.35. The number of hydrogen-bond acceptors (Lipinski definition) is 8. The molecule has 2 saturated heterocycles. The van der Waals surface area contributed by atoms with Crippen LogP contribution in [0.4, 0.5) is 0 Å². The first-order chi connectivity index (χ1) is 12.7. The zero-order chi connectivity index (χ0) is 20.2. The fourth-order valence-electron chi connectivity index (χ4n) is 3.46. The molecule has 0 aromatic rings. The normalized spacial score (nSPS) is 31.2. The van der Waals surface area contributed by atoms with Gasteiger partial charge in [-0.05, 0) is 33.6 Å². The van der Waals surface area contributed by atoms with Crippen LogP contribution in [-0.4, -0.2) is 68.6 Å². The summed E-state index contributed by atoms with van der Waals surface area (Å²) < 4.78 is 28.0. The summed E-state index contributed by atoms with van der Waals surface area (Å²) in [6, 6.07) is -0.983. The molecular formula is C18H32N2O7. The van der Waals surface area contributed by atoms with E-state index in [-0.39, 0.29) is 24.0 Å². The highest BCUT2D eigenvalue weighted by Crippen LogP contribution is 2.40. The van der Waals surface area contributed by atoms with Crippen LogP contribution in [0.2, 0.25) is 0 Å². The van der Waals surface area contributed by atoms with E-state index < -0.39 is 30.3 Å². The lowest BCUT2D eigenvalue weighted by Crippen LogP contribution is -2.53. The second-order valence-electron chi connectivity index (χ2n) is 7.50. The number of unbranched alkanes of at least 4 members (excludes halogenated alkanes) is 1. The van der Waals surface area contributed by atoms with E-state index in [2.05, 4.69) is 10.1 Å². The third kappa shape index (κ3) is 5.61. The minimum atomic E-state index is -0.748. The molecule has 0 spiro atoms. The molecule has 9 nitrogen and oxygen atoms in total. The Morgan fingerprint density at radius 3 is 2.52 bits per heavy atom. The molecule has 0 bridgehead atoms. The molecule has 0 aliphatic carbocycles. The summed E-state index contributed by atoms with van der Waals surface area (Å²) in [5.74, 6) is -1.27. The van der Waals surface area contributed by atoms with E-state index >= 15 is 0 Å². The molecular weight excluding hydrogens is 356 g/mol. The van der Waals surface area contributed by atoms with Crippen molar-refractivity contribution < 1.29 is 33.3 Å². The van der Waals surface area contributed by atoms with Gasteiger partial charge in [0.25, 0.3) is 0 Å². The van der Waals surface area contributed by atoms with Gasteiger partial charge in [0.05, 0.1) is 19.2 Å². The summed E-state index contributed by atoms with van der Waals surface area (Å²) in [6.45, 7) is 5.26. The first kappa shape index (κ1) is 22.0. The molecule has 2 heterocycles. The van der Waals surface area contributed by atoms with E-state index in [0.29, 0.717) is 25.7 Å². The number of nitrogens with one attached hydrogen (secondary N) is 1. The standard InChI is InChI=1S/C18H32N2O7/c1-10(19)16(22)20-11(8-6-7-9-12(21)23-4)13-14(24-5)15-17(25-13)27-18(2,3)26-15/h10-11,13-15,17H,6-9,19H2,1-5H3,(H,20,22)/t10-,11-,13+,14-,15+,17+/m0/s1. The highest BCUT2D eigenvalue weighted by Gasteiger charge is 2.56. The summed E-state index contributed by atoms with van der Waals surface area (Å²) in [6.07, 6.45) is 0.516. The maximum absolute atomic E-state index is 12.2. The van der Waals surface area contributed by atoms with Gasteiger partial charge in [-0.3, -0.25) is 9.59 Å². The molecule has 2 fully saturated rings. The van der Waals surface area contributed by atoms with E-state index in [4.69, 9.17) is 24.7 Å². The van der Waals surface area contributed by atoms with Crippen molar-refractivity contribution in [1.29, 1.82) is 0 Å². The predicted molar refractivity (Wildman–Crippen MR) is 95.6 cm³/mol. The lowest BCUT2D eigenvalue weighted by atomic mass is 9.97. The maximum atomic E-state index is 12.2. The summed E-state index contributed by atoms with van der Waals surface area (Å²) >= 11 is 0. The van der Waals surface area contributed by atoms with Crippen molar-refractivity contribution in [2.24, 2.45) is 5.73 Å². The molecule has 0 aromatic carbocycles. The summed E-state index contributed by atoms with van der Waals surface area (Å²) in [5, 5.41) is 2.94. The largest absolute Gasteiger partial charge is 0.469 e. The van der Waals surface area contributed by atoms with Crippen molar-refractivity contribution in [1.82, 2.24) is 5.32 Å². The number of amides is 1. The molecule has 0 radical (unpaired) electrons. The number of ether oxygens (including phenoxy) is 5. The van der Waals surface area contributed by atoms with Gasteiger partial charge in [0, 0.05) is 13.5 Å². The summed E-state index contributed by atoms with van der Waals surface area (Å²) in [7, 11) is 2.95. The molecule has 0 unspecified atom stereocenters. The van der Waals surface area contributed by atoms with Crippen LogP contribution in [0.15, 0.2) is 0 Å². The summed E-state index contributed by atoms with van der Waals surface area (Å²) in [4.78, 5) is 23.5. The number of fused-ring (bicyclic) bond motifs is 1. The van der Waals surface area contributed by atoms with Crippen molar-refractivity contribution in [3.8, 4) is 0 Å². The average molecular weight is 388 g/mol. The van der Waals surface area contributed by atoms with Crippen LogP contribution in [-0.2, 0) is 33.3 Å². The molecule has 6 atom stereocenters. The number of carbonyl (C=O) groups is 2. The Morgan fingerprint density at radius 2 is 1.93 bits per heavy atom. The van der Waals surface area contributed by atoms with Gasteiger partial charge in [0.1, 0.15) is 18.3 Å². The quantitative estimate of drug-likeness (QED) is 0.432. The molecule has 0 saturated carbocycles. The van der Waals surface area contributed by atoms with Gasteiger partial charge in [-0.25, -0.2) is 0 Å². The number of rotatable bonds is 9. The Hall–Kier alpha value is -1.26. The third-order valence-electron chi connectivity index (χ3n) is 4.81. The topological polar surface area (TPSA) is 118 Å². The maximum Gasteiger partial charge on any atom is 0.305 e. The Morgan fingerprint density at radius 1 is 1.22 bits per heavy atom. The Bertz CT molecular complexity index is 526. The third-order valence-corrected chi connectivity index (χ3v) is 4.81. The van der Waals surface area contributed by atoms with Crippen molar-refractivity contribution in [2.75, 3.05) is 14.2 Å². The zero-order valence-corrected chi connectivity index (χ0v) is 16.7. The van der Waals surface area contributed by atoms with Crippen LogP contribution in [0.3, 0.4) is 0 Å². The Labute approximate surface area is 160 Å². The van der Waals surface area contributed by atoms with Crippen molar-refractivity contribution in [3.05, 3.63) is 0 Å².